The minimum atomic E-state index is 0.635. The molecule has 0 bridgehead atoms. The molecule has 1 aromatic carbocycles. The molecule has 0 fully saturated rings. The fraction of sp³-hybridized carbons (Fsp3) is 0.625. The molecular weight excluding hydrogens is 268 g/mol. The highest BCUT2D eigenvalue weighted by atomic mass is 16.5. The third-order valence-electron chi connectivity index (χ3n) is 3.27. The minimum Gasteiger partial charge on any atom is -0.493 e. The second-order valence-electron chi connectivity index (χ2n) is 5.02. The van der Waals surface area contributed by atoms with E-state index < -0.39 is 0 Å². The summed E-state index contributed by atoms with van der Waals surface area (Å²) in [6.45, 7) is 6.07. The van der Waals surface area contributed by atoms with Gasteiger partial charge in [0, 0.05) is 19.6 Å². The number of ether oxygens (including phenoxy) is 3. The van der Waals surface area contributed by atoms with Gasteiger partial charge in [0.25, 0.3) is 0 Å². The van der Waals surface area contributed by atoms with Crippen LogP contribution in [0.4, 0.5) is 0 Å². The molecule has 0 aliphatic rings. The van der Waals surface area contributed by atoms with Crippen LogP contribution in [0.15, 0.2) is 12.1 Å². The predicted molar refractivity (Wildman–Crippen MR) is 85.6 cm³/mol. The molecule has 0 saturated carbocycles. The molecule has 1 N–H and O–H groups in total. The first-order valence-corrected chi connectivity index (χ1v) is 7.34. The fourth-order valence-corrected chi connectivity index (χ4v) is 2.19. The summed E-state index contributed by atoms with van der Waals surface area (Å²) >= 11 is 0. The molecule has 1 rings (SSSR count). The molecule has 5 heteroatoms. The predicted octanol–water partition coefficient (Wildman–Crippen LogP) is 2.14. The van der Waals surface area contributed by atoms with Crippen LogP contribution in [0.2, 0.25) is 0 Å². The zero-order valence-electron chi connectivity index (χ0n) is 13.9. The summed E-state index contributed by atoms with van der Waals surface area (Å²) in [5.74, 6) is 2.03. The number of hydrogen-bond acceptors (Lipinski definition) is 5. The van der Waals surface area contributed by atoms with E-state index in [1.807, 2.05) is 12.1 Å². The highest BCUT2D eigenvalue weighted by Gasteiger charge is 2.13. The molecule has 0 aromatic heterocycles. The Labute approximate surface area is 128 Å². The zero-order valence-corrected chi connectivity index (χ0v) is 13.9. The SMILES string of the molecule is CCCNCCN(C)Cc1cc(OC)c(OC)c(OC)c1. The van der Waals surface area contributed by atoms with Crippen molar-refractivity contribution < 1.29 is 14.2 Å². The normalized spacial score (nSPS) is 10.8. The van der Waals surface area contributed by atoms with Gasteiger partial charge in [-0.05, 0) is 37.7 Å². The van der Waals surface area contributed by atoms with Gasteiger partial charge in [0.2, 0.25) is 5.75 Å². The summed E-state index contributed by atoms with van der Waals surface area (Å²) in [5, 5.41) is 3.40. The van der Waals surface area contributed by atoms with Crippen LogP contribution in [0.25, 0.3) is 0 Å². The largest absolute Gasteiger partial charge is 0.493 e. The summed E-state index contributed by atoms with van der Waals surface area (Å²) in [5.41, 5.74) is 1.14. The van der Waals surface area contributed by atoms with Crippen molar-refractivity contribution in [2.45, 2.75) is 19.9 Å². The van der Waals surface area contributed by atoms with Crippen LogP contribution in [0, 0.1) is 0 Å². The zero-order chi connectivity index (χ0) is 15.7. The van der Waals surface area contributed by atoms with Gasteiger partial charge in [-0.15, -0.1) is 0 Å². The topological polar surface area (TPSA) is 43.0 Å². The lowest BCUT2D eigenvalue weighted by molar-refractivity contribution is 0.312. The molecule has 0 atom stereocenters. The van der Waals surface area contributed by atoms with Crippen molar-refractivity contribution in [3.8, 4) is 17.2 Å². The van der Waals surface area contributed by atoms with E-state index in [0.29, 0.717) is 17.2 Å². The van der Waals surface area contributed by atoms with Crippen molar-refractivity contribution in [2.24, 2.45) is 0 Å². The number of nitrogens with zero attached hydrogens (tertiary/aromatic N) is 1. The van der Waals surface area contributed by atoms with Crippen LogP contribution in [0.5, 0.6) is 17.2 Å². The molecule has 0 radical (unpaired) electrons. The van der Waals surface area contributed by atoms with Crippen molar-refractivity contribution in [2.75, 3.05) is 48.0 Å². The molecule has 1 aromatic rings. The van der Waals surface area contributed by atoms with Gasteiger partial charge in [0.15, 0.2) is 11.5 Å². The molecule has 21 heavy (non-hydrogen) atoms. The molecule has 0 amide bonds. The van der Waals surface area contributed by atoms with Crippen LogP contribution < -0.4 is 19.5 Å². The fourth-order valence-electron chi connectivity index (χ4n) is 2.19. The second kappa shape index (κ2) is 9.47. The average Bonchev–Trinajstić information content (AvgIpc) is 2.50. The maximum Gasteiger partial charge on any atom is 0.203 e. The number of likely N-dealkylation sites (N-methyl/N-ethyl adjacent to an activating group) is 1. The van der Waals surface area contributed by atoms with Gasteiger partial charge in [-0.25, -0.2) is 0 Å². The Morgan fingerprint density at radius 1 is 1.00 bits per heavy atom. The first kappa shape index (κ1) is 17.6. The summed E-state index contributed by atoms with van der Waals surface area (Å²) in [6.07, 6.45) is 1.16. The Morgan fingerprint density at radius 3 is 2.10 bits per heavy atom. The van der Waals surface area contributed by atoms with Crippen molar-refractivity contribution in [1.82, 2.24) is 10.2 Å². The lowest BCUT2D eigenvalue weighted by Crippen LogP contribution is -2.29. The molecule has 5 nitrogen and oxygen atoms in total. The smallest absolute Gasteiger partial charge is 0.203 e. The second-order valence-corrected chi connectivity index (χ2v) is 5.02. The van der Waals surface area contributed by atoms with E-state index in [4.69, 9.17) is 14.2 Å². The Bertz CT molecular complexity index is 399. The molecule has 120 valence electrons. The summed E-state index contributed by atoms with van der Waals surface area (Å²) < 4.78 is 16.1. The van der Waals surface area contributed by atoms with E-state index in [0.717, 1.165) is 38.2 Å². The molecule has 0 aliphatic carbocycles. The van der Waals surface area contributed by atoms with Crippen LogP contribution in [-0.4, -0.2) is 52.9 Å². The van der Waals surface area contributed by atoms with Crippen molar-refractivity contribution in [3.63, 3.8) is 0 Å². The third-order valence-corrected chi connectivity index (χ3v) is 3.27. The standard InChI is InChI=1S/C16H28N2O3/c1-6-7-17-8-9-18(2)12-13-10-14(19-3)16(21-5)15(11-13)20-4/h10-11,17H,6-9,12H2,1-5H3. The highest BCUT2D eigenvalue weighted by Crippen LogP contribution is 2.38. The highest BCUT2D eigenvalue weighted by molar-refractivity contribution is 5.53. The first-order valence-electron chi connectivity index (χ1n) is 7.34. The number of hydrogen-bond donors (Lipinski definition) is 1. The molecule has 0 unspecified atom stereocenters. The van der Waals surface area contributed by atoms with Gasteiger partial charge >= 0.3 is 0 Å². The van der Waals surface area contributed by atoms with E-state index >= 15 is 0 Å². The lowest BCUT2D eigenvalue weighted by atomic mass is 10.1. The van der Waals surface area contributed by atoms with Crippen LogP contribution >= 0.6 is 0 Å². The lowest BCUT2D eigenvalue weighted by Gasteiger charge is -2.19. The number of rotatable bonds is 10. The van der Waals surface area contributed by atoms with Gasteiger partial charge in [0.1, 0.15) is 0 Å². The molecular formula is C16H28N2O3. The minimum absolute atomic E-state index is 0.635. The van der Waals surface area contributed by atoms with Crippen LogP contribution in [-0.2, 0) is 6.54 Å². The Hall–Kier alpha value is -1.46. The number of benzene rings is 1. The monoisotopic (exact) mass is 296 g/mol. The van der Waals surface area contributed by atoms with E-state index in [-0.39, 0.29) is 0 Å². The molecule has 0 spiro atoms. The van der Waals surface area contributed by atoms with Crippen LogP contribution in [0.1, 0.15) is 18.9 Å². The van der Waals surface area contributed by atoms with Crippen LogP contribution in [0.3, 0.4) is 0 Å². The van der Waals surface area contributed by atoms with Gasteiger partial charge < -0.3 is 24.4 Å². The first-order chi connectivity index (χ1) is 10.2. The van der Waals surface area contributed by atoms with Gasteiger partial charge in [-0.2, -0.15) is 0 Å². The van der Waals surface area contributed by atoms with Gasteiger partial charge in [0.05, 0.1) is 21.3 Å². The summed E-state index contributed by atoms with van der Waals surface area (Å²) in [4.78, 5) is 2.27. The average molecular weight is 296 g/mol. The van der Waals surface area contributed by atoms with Crippen molar-refractivity contribution in [3.05, 3.63) is 17.7 Å². The Morgan fingerprint density at radius 2 is 1.62 bits per heavy atom. The number of nitrogens with one attached hydrogen (secondary N) is 1. The van der Waals surface area contributed by atoms with E-state index in [1.54, 1.807) is 21.3 Å². The Balaban J connectivity index is 2.70. The van der Waals surface area contributed by atoms with E-state index in [9.17, 15) is 0 Å². The summed E-state index contributed by atoms with van der Waals surface area (Å²) in [6, 6.07) is 3.99. The molecule has 0 saturated heterocycles. The maximum absolute atomic E-state index is 5.38. The maximum atomic E-state index is 5.38. The van der Waals surface area contributed by atoms with Crippen molar-refractivity contribution >= 4 is 0 Å². The van der Waals surface area contributed by atoms with Gasteiger partial charge in [-0.3, -0.25) is 0 Å². The summed E-state index contributed by atoms with van der Waals surface area (Å²) in [7, 11) is 7.00. The van der Waals surface area contributed by atoms with Crippen molar-refractivity contribution in [1.29, 1.82) is 0 Å². The van der Waals surface area contributed by atoms with E-state index in [1.165, 1.54) is 0 Å². The van der Waals surface area contributed by atoms with Gasteiger partial charge in [-0.1, -0.05) is 6.92 Å². The number of methoxy groups -OCH3 is 3. The van der Waals surface area contributed by atoms with E-state index in [2.05, 4.69) is 24.2 Å². The Kier molecular flexibility index (Phi) is 7.93. The third kappa shape index (κ3) is 5.44. The molecule has 0 heterocycles. The molecule has 0 aliphatic heterocycles. The quantitative estimate of drug-likeness (QED) is 0.670.